The Labute approximate surface area is 84.0 Å². The molecular weight excluding hydrogens is 303 g/mol. The van der Waals surface area contributed by atoms with Crippen LogP contribution in [-0.4, -0.2) is 3.42 Å². The summed E-state index contributed by atoms with van der Waals surface area (Å²) in [5, 5.41) is 0. The topological polar surface area (TPSA) is 0 Å². The van der Waals surface area contributed by atoms with Crippen LogP contribution in [0.1, 0.15) is 19.8 Å². The quantitative estimate of drug-likeness (QED) is 0.510. The van der Waals surface area contributed by atoms with Crippen molar-refractivity contribution in [2.45, 2.75) is 23.2 Å². The van der Waals surface area contributed by atoms with Crippen LogP contribution in [0.25, 0.3) is 0 Å². The third kappa shape index (κ3) is 2.09. The molecule has 1 rings (SSSR count). The fourth-order valence-corrected chi connectivity index (χ4v) is 2.61. The van der Waals surface area contributed by atoms with Gasteiger partial charge in [0.15, 0.2) is 0 Å². The molecule has 0 fully saturated rings. The van der Waals surface area contributed by atoms with Gasteiger partial charge in [0.25, 0.3) is 0 Å². The van der Waals surface area contributed by atoms with Gasteiger partial charge in [-0.2, -0.15) is 0 Å². The molecular formula is C8H10BrI. The number of allylic oxidation sites excluding steroid dienone is 4. The van der Waals surface area contributed by atoms with Crippen LogP contribution >= 0.6 is 38.5 Å². The SMILES string of the molecule is CCC1(I)C=C(Br)C=CC1. The summed E-state index contributed by atoms with van der Waals surface area (Å²) in [6.45, 7) is 2.22. The van der Waals surface area contributed by atoms with E-state index < -0.39 is 0 Å². The summed E-state index contributed by atoms with van der Waals surface area (Å²) in [6.07, 6.45) is 8.99. The molecule has 2 heteroatoms. The predicted molar refractivity (Wildman–Crippen MR) is 57.8 cm³/mol. The van der Waals surface area contributed by atoms with Crippen LogP contribution in [0.15, 0.2) is 22.7 Å². The highest BCUT2D eigenvalue weighted by Crippen LogP contribution is 2.35. The van der Waals surface area contributed by atoms with E-state index >= 15 is 0 Å². The number of alkyl halides is 1. The van der Waals surface area contributed by atoms with E-state index in [4.69, 9.17) is 0 Å². The van der Waals surface area contributed by atoms with Crippen molar-refractivity contribution in [2.75, 3.05) is 0 Å². The Morgan fingerprint density at radius 1 is 1.80 bits per heavy atom. The molecule has 0 amide bonds. The van der Waals surface area contributed by atoms with Gasteiger partial charge in [-0.25, -0.2) is 0 Å². The molecule has 1 atom stereocenters. The van der Waals surface area contributed by atoms with Crippen LogP contribution in [0, 0.1) is 0 Å². The van der Waals surface area contributed by atoms with E-state index in [1.165, 1.54) is 17.3 Å². The Morgan fingerprint density at radius 3 is 2.90 bits per heavy atom. The molecule has 10 heavy (non-hydrogen) atoms. The Bertz CT molecular complexity index is 184. The maximum absolute atomic E-state index is 3.47. The fourth-order valence-electron chi connectivity index (χ4n) is 0.968. The standard InChI is InChI=1S/C8H10BrI/c1-2-8(10)5-3-4-7(9)6-8/h3-4,6H,2,5H2,1H3. The molecule has 0 saturated heterocycles. The molecule has 1 aliphatic carbocycles. The molecule has 0 aromatic rings. The normalized spacial score (nSPS) is 32.1. The van der Waals surface area contributed by atoms with E-state index in [9.17, 15) is 0 Å². The lowest BCUT2D eigenvalue weighted by Gasteiger charge is -2.23. The van der Waals surface area contributed by atoms with Gasteiger partial charge < -0.3 is 0 Å². The lowest BCUT2D eigenvalue weighted by atomic mass is 9.98. The minimum atomic E-state index is 0.366. The Morgan fingerprint density at radius 2 is 2.50 bits per heavy atom. The second kappa shape index (κ2) is 3.39. The summed E-state index contributed by atoms with van der Waals surface area (Å²) >= 11 is 5.99. The lowest BCUT2D eigenvalue weighted by Crippen LogP contribution is -2.16. The van der Waals surface area contributed by atoms with Crippen LogP contribution in [0.3, 0.4) is 0 Å². The van der Waals surface area contributed by atoms with Crippen LogP contribution in [0.2, 0.25) is 0 Å². The molecule has 0 aromatic heterocycles. The Kier molecular flexibility index (Phi) is 2.98. The fraction of sp³-hybridized carbons (Fsp3) is 0.500. The van der Waals surface area contributed by atoms with Crippen molar-refractivity contribution in [3.8, 4) is 0 Å². The number of halogens is 2. The first kappa shape index (κ1) is 8.78. The van der Waals surface area contributed by atoms with Crippen molar-refractivity contribution in [2.24, 2.45) is 0 Å². The largest absolute Gasteiger partial charge is 0.0818 e. The molecule has 1 aliphatic rings. The molecule has 0 spiro atoms. The highest BCUT2D eigenvalue weighted by atomic mass is 127. The maximum atomic E-state index is 3.47. The first-order valence-corrected chi connectivity index (χ1v) is 5.27. The Hall–Kier alpha value is 0.690. The van der Waals surface area contributed by atoms with Gasteiger partial charge in [0.2, 0.25) is 0 Å². The smallest absolute Gasteiger partial charge is 0.0446 e. The van der Waals surface area contributed by atoms with Crippen molar-refractivity contribution in [1.82, 2.24) is 0 Å². The molecule has 1 unspecified atom stereocenters. The van der Waals surface area contributed by atoms with Gasteiger partial charge >= 0.3 is 0 Å². The third-order valence-electron chi connectivity index (χ3n) is 1.72. The number of rotatable bonds is 1. The minimum Gasteiger partial charge on any atom is -0.0818 e. The van der Waals surface area contributed by atoms with Gasteiger partial charge in [-0.1, -0.05) is 63.7 Å². The lowest BCUT2D eigenvalue weighted by molar-refractivity contribution is 0.720. The summed E-state index contributed by atoms with van der Waals surface area (Å²) in [5.74, 6) is 0. The summed E-state index contributed by atoms with van der Waals surface area (Å²) < 4.78 is 1.58. The zero-order valence-electron chi connectivity index (χ0n) is 5.90. The van der Waals surface area contributed by atoms with Gasteiger partial charge in [-0.3, -0.25) is 0 Å². The van der Waals surface area contributed by atoms with Gasteiger partial charge in [0, 0.05) is 7.90 Å². The molecule has 0 nitrogen and oxygen atoms in total. The number of hydrogen-bond acceptors (Lipinski definition) is 0. The van der Waals surface area contributed by atoms with Crippen molar-refractivity contribution >= 4 is 38.5 Å². The zero-order chi connectivity index (χ0) is 7.61. The van der Waals surface area contributed by atoms with Crippen LogP contribution in [-0.2, 0) is 0 Å². The molecule has 0 aliphatic heterocycles. The van der Waals surface area contributed by atoms with E-state index in [0.717, 1.165) is 0 Å². The summed E-state index contributed by atoms with van der Waals surface area (Å²) in [6, 6.07) is 0. The van der Waals surface area contributed by atoms with Crippen LogP contribution < -0.4 is 0 Å². The molecule has 0 bridgehead atoms. The number of hydrogen-bond donors (Lipinski definition) is 0. The van der Waals surface area contributed by atoms with Crippen molar-refractivity contribution in [3.63, 3.8) is 0 Å². The molecule has 0 aromatic carbocycles. The first-order valence-electron chi connectivity index (χ1n) is 3.40. The summed E-state index contributed by atoms with van der Waals surface area (Å²) in [5.41, 5.74) is 0. The van der Waals surface area contributed by atoms with Crippen LogP contribution in [0.5, 0.6) is 0 Å². The molecule has 56 valence electrons. The first-order chi connectivity index (χ1) is 4.66. The average molecular weight is 313 g/mol. The maximum Gasteiger partial charge on any atom is 0.0446 e. The van der Waals surface area contributed by atoms with Gasteiger partial charge in [-0.15, -0.1) is 0 Å². The van der Waals surface area contributed by atoms with E-state index in [-0.39, 0.29) is 0 Å². The highest BCUT2D eigenvalue weighted by molar-refractivity contribution is 14.1. The highest BCUT2D eigenvalue weighted by Gasteiger charge is 2.21. The average Bonchev–Trinajstić information content (AvgIpc) is 1.88. The molecule has 0 saturated carbocycles. The summed E-state index contributed by atoms with van der Waals surface area (Å²) in [4.78, 5) is 0. The second-order valence-corrected chi connectivity index (χ2v) is 5.59. The van der Waals surface area contributed by atoms with E-state index in [2.05, 4.69) is 63.7 Å². The summed E-state index contributed by atoms with van der Waals surface area (Å²) in [7, 11) is 0. The third-order valence-corrected chi connectivity index (χ3v) is 3.73. The zero-order valence-corrected chi connectivity index (χ0v) is 9.65. The second-order valence-electron chi connectivity index (χ2n) is 2.52. The van der Waals surface area contributed by atoms with Gasteiger partial charge in [0.1, 0.15) is 0 Å². The molecule has 0 radical (unpaired) electrons. The van der Waals surface area contributed by atoms with Gasteiger partial charge in [-0.05, 0) is 12.8 Å². The molecule has 0 heterocycles. The van der Waals surface area contributed by atoms with Crippen LogP contribution in [0.4, 0.5) is 0 Å². The van der Waals surface area contributed by atoms with Crippen molar-refractivity contribution in [3.05, 3.63) is 22.7 Å². The van der Waals surface area contributed by atoms with E-state index in [0.29, 0.717) is 3.42 Å². The molecule has 0 N–H and O–H groups in total. The van der Waals surface area contributed by atoms with E-state index in [1.807, 2.05) is 0 Å². The van der Waals surface area contributed by atoms with Gasteiger partial charge in [0.05, 0.1) is 0 Å². The minimum absolute atomic E-state index is 0.366. The van der Waals surface area contributed by atoms with E-state index in [1.54, 1.807) is 0 Å². The Balaban J connectivity index is 2.76. The van der Waals surface area contributed by atoms with Crippen molar-refractivity contribution < 1.29 is 0 Å². The predicted octanol–water partition coefficient (Wildman–Crippen LogP) is 3.81. The van der Waals surface area contributed by atoms with Crippen molar-refractivity contribution in [1.29, 1.82) is 0 Å². The monoisotopic (exact) mass is 312 g/mol.